The van der Waals surface area contributed by atoms with Crippen LogP contribution in [0.5, 0.6) is 5.75 Å². The molecule has 2 aromatic carbocycles. The number of alkyl halides is 1. The zero-order chi connectivity index (χ0) is 21.7. The smallest absolute Gasteiger partial charge is 0.254 e. The number of nitrogens with one attached hydrogen (secondary N) is 2. The second kappa shape index (κ2) is 7.64. The molecule has 0 aromatic heterocycles. The number of hydrogen-bond acceptors (Lipinski definition) is 4. The Labute approximate surface area is 179 Å². The number of amides is 2. The third-order valence-corrected chi connectivity index (χ3v) is 6.86. The van der Waals surface area contributed by atoms with Crippen LogP contribution in [0.3, 0.4) is 0 Å². The second-order valence-corrected chi connectivity index (χ2v) is 8.67. The minimum Gasteiger partial charge on any atom is -0.486 e. The SMILES string of the molecule is CNC(=O)c1cc(C(=O)N[C@H]2[C@@H]3C[C@@H](O)C[C@@H]32)cc2c1O[C@H](CF)[C@H]2c1ccccc1. The molecule has 6 atom stereocenters. The Kier molecular flexibility index (Phi) is 4.93. The number of aliphatic hydroxyl groups is 1. The maximum absolute atomic E-state index is 13.9. The molecule has 7 heteroatoms. The van der Waals surface area contributed by atoms with Crippen LogP contribution in [0.2, 0.25) is 0 Å². The van der Waals surface area contributed by atoms with Crippen LogP contribution in [-0.2, 0) is 0 Å². The zero-order valence-corrected chi connectivity index (χ0v) is 17.2. The lowest BCUT2D eigenvalue weighted by Crippen LogP contribution is -2.30. The summed E-state index contributed by atoms with van der Waals surface area (Å²) in [6, 6.07) is 12.7. The third-order valence-electron chi connectivity index (χ3n) is 6.86. The molecule has 0 bridgehead atoms. The van der Waals surface area contributed by atoms with Crippen molar-refractivity contribution in [3.63, 3.8) is 0 Å². The minimum absolute atomic E-state index is 0.0624. The van der Waals surface area contributed by atoms with Gasteiger partial charge < -0.3 is 20.5 Å². The Morgan fingerprint density at radius 2 is 1.84 bits per heavy atom. The first-order valence-corrected chi connectivity index (χ1v) is 10.7. The van der Waals surface area contributed by atoms with E-state index in [1.165, 1.54) is 13.1 Å². The van der Waals surface area contributed by atoms with Crippen molar-refractivity contribution in [2.75, 3.05) is 13.7 Å². The quantitative estimate of drug-likeness (QED) is 0.688. The van der Waals surface area contributed by atoms with Gasteiger partial charge in [0.15, 0.2) is 0 Å². The first kappa shape index (κ1) is 20.0. The Morgan fingerprint density at radius 1 is 1.13 bits per heavy atom. The molecule has 0 radical (unpaired) electrons. The topological polar surface area (TPSA) is 87.7 Å². The van der Waals surface area contributed by atoms with Crippen molar-refractivity contribution in [1.82, 2.24) is 10.6 Å². The van der Waals surface area contributed by atoms with Gasteiger partial charge in [-0.2, -0.15) is 0 Å². The molecule has 0 saturated heterocycles. The maximum atomic E-state index is 13.9. The van der Waals surface area contributed by atoms with Gasteiger partial charge in [-0.25, -0.2) is 4.39 Å². The Morgan fingerprint density at radius 3 is 2.48 bits per heavy atom. The van der Waals surface area contributed by atoms with E-state index in [4.69, 9.17) is 4.74 Å². The van der Waals surface area contributed by atoms with Gasteiger partial charge in [0.2, 0.25) is 0 Å². The van der Waals surface area contributed by atoms with E-state index in [0.29, 0.717) is 41.6 Å². The lowest BCUT2D eigenvalue weighted by molar-refractivity contribution is 0.0937. The van der Waals surface area contributed by atoms with Gasteiger partial charge in [0.1, 0.15) is 18.5 Å². The Bertz CT molecular complexity index is 1020. The molecule has 2 aliphatic carbocycles. The lowest BCUT2D eigenvalue weighted by Gasteiger charge is -2.16. The lowest BCUT2D eigenvalue weighted by atomic mass is 9.86. The highest BCUT2D eigenvalue weighted by Crippen LogP contribution is 2.52. The van der Waals surface area contributed by atoms with Crippen LogP contribution < -0.4 is 15.4 Å². The van der Waals surface area contributed by atoms with Crippen molar-refractivity contribution in [3.8, 4) is 5.75 Å². The first-order valence-electron chi connectivity index (χ1n) is 10.7. The van der Waals surface area contributed by atoms with Crippen LogP contribution in [0.15, 0.2) is 42.5 Å². The average Bonchev–Trinajstić information content (AvgIpc) is 3.12. The van der Waals surface area contributed by atoms with Gasteiger partial charge in [0, 0.05) is 24.2 Å². The van der Waals surface area contributed by atoms with E-state index in [1.807, 2.05) is 30.3 Å². The Balaban J connectivity index is 1.51. The summed E-state index contributed by atoms with van der Waals surface area (Å²) in [5.41, 5.74) is 2.10. The molecule has 0 unspecified atom stereocenters. The van der Waals surface area contributed by atoms with E-state index >= 15 is 0 Å². The molecule has 162 valence electrons. The summed E-state index contributed by atoms with van der Waals surface area (Å²) >= 11 is 0. The number of benzene rings is 2. The van der Waals surface area contributed by atoms with E-state index in [9.17, 15) is 19.1 Å². The van der Waals surface area contributed by atoms with Gasteiger partial charge in [-0.15, -0.1) is 0 Å². The summed E-state index contributed by atoms with van der Waals surface area (Å²) in [5.74, 6) is -0.0844. The summed E-state index contributed by atoms with van der Waals surface area (Å²) in [7, 11) is 1.51. The standard InChI is InChI=1S/C24H25FN2O4/c1-26-24(30)18-8-13(23(29)27-21-15-9-14(28)10-16(15)21)7-17-20(12-5-3-2-4-6-12)19(11-25)31-22(17)18/h2-8,14-16,19-21,28H,9-11H2,1H3,(H,26,30)(H,27,29)/t14-,15-,16+,19-,20+,21+/m1/s1. The summed E-state index contributed by atoms with van der Waals surface area (Å²) in [6.07, 6.45) is 0.393. The van der Waals surface area contributed by atoms with Crippen molar-refractivity contribution in [3.05, 3.63) is 64.7 Å². The van der Waals surface area contributed by atoms with E-state index in [-0.39, 0.29) is 29.5 Å². The predicted octanol–water partition coefficient (Wildman–Crippen LogP) is 2.41. The van der Waals surface area contributed by atoms with Crippen LogP contribution in [0.4, 0.5) is 4.39 Å². The summed E-state index contributed by atoms with van der Waals surface area (Å²) in [4.78, 5) is 25.6. The predicted molar refractivity (Wildman–Crippen MR) is 112 cm³/mol. The van der Waals surface area contributed by atoms with E-state index in [0.717, 1.165) is 5.56 Å². The molecule has 5 rings (SSSR count). The van der Waals surface area contributed by atoms with Crippen molar-refractivity contribution in [1.29, 1.82) is 0 Å². The Hall–Kier alpha value is -2.93. The number of aliphatic hydroxyl groups excluding tert-OH is 1. The number of halogens is 1. The molecule has 31 heavy (non-hydrogen) atoms. The molecule has 3 aliphatic rings. The van der Waals surface area contributed by atoms with Crippen molar-refractivity contribution >= 4 is 11.8 Å². The highest BCUT2D eigenvalue weighted by molar-refractivity contribution is 6.02. The van der Waals surface area contributed by atoms with E-state index in [1.54, 1.807) is 6.07 Å². The number of hydrogen-bond donors (Lipinski definition) is 3. The number of ether oxygens (including phenoxy) is 1. The first-order chi connectivity index (χ1) is 15.0. The summed E-state index contributed by atoms with van der Waals surface area (Å²) in [5, 5.41) is 15.3. The minimum atomic E-state index is -0.761. The van der Waals surface area contributed by atoms with Crippen LogP contribution in [0.1, 0.15) is 50.6 Å². The number of fused-ring (bicyclic) bond motifs is 2. The van der Waals surface area contributed by atoms with Crippen LogP contribution in [-0.4, -0.2) is 48.9 Å². The molecule has 6 nitrogen and oxygen atoms in total. The van der Waals surface area contributed by atoms with Gasteiger partial charge in [-0.05, 0) is 42.4 Å². The molecular formula is C24H25FN2O4. The molecule has 2 amide bonds. The van der Waals surface area contributed by atoms with E-state index in [2.05, 4.69) is 10.6 Å². The summed E-state index contributed by atoms with van der Waals surface area (Å²) < 4.78 is 19.8. The number of carbonyl (C=O) groups is 2. The van der Waals surface area contributed by atoms with Gasteiger partial charge in [0.25, 0.3) is 11.8 Å². The molecule has 2 fully saturated rings. The molecule has 2 aromatic rings. The highest BCUT2D eigenvalue weighted by atomic mass is 19.1. The van der Waals surface area contributed by atoms with Crippen LogP contribution in [0, 0.1) is 11.8 Å². The molecule has 1 aliphatic heterocycles. The largest absolute Gasteiger partial charge is 0.486 e. The second-order valence-electron chi connectivity index (χ2n) is 8.67. The van der Waals surface area contributed by atoms with Crippen molar-refractivity contribution < 1.29 is 23.8 Å². The van der Waals surface area contributed by atoms with Gasteiger partial charge >= 0.3 is 0 Å². The molecular weight excluding hydrogens is 399 g/mol. The van der Waals surface area contributed by atoms with Gasteiger partial charge in [-0.3, -0.25) is 9.59 Å². The van der Waals surface area contributed by atoms with Crippen LogP contribution in [0.25, 0.3) is 0 Å². The van der Waals surface area contributed by atoms with Crippen molar-refractivity contribution in [2.45, 2.75) is 37.0 Å². The molecule has 3 N–H and O–H groups in total. The fourth-order valence-electron chi connectivity index (χ4n) is 5.30. The average molecular weight is 424 g/mol. The number of rotatable bonds is 5. The maximum Gasteiger partial charge on any atom is 0.254 e. The fraction of sp³-hybridized carbons (Fsp3) is 0.417. The highest BCUT2D eigenvalue weighted by Gasteiger charge is 2.56. The third kappa shape index (κ3) is 3.37. The summed E-state index contributed by atoms with van der Waals surface area (Å²) in [6.45, 7) is -0.712. The normalized spacial score (nSPS) is 30.2. The molecule has 0 spiro atoms. The van der Waals surface area contributed by atoms with Gasteiger partial charge in [0.05, 0.1) is 17.6 Å². The number of carbonyl (C=O) groups excluding carboxylic acids is 2. The van der Waals surface area contributed by atoms with Crippen molar-refractivity contribution in [2.24, 2.45) is 11.8 Å². The molecule has 1 heterocycles. The van der Waals surface area contributed by atoms with E-state index < -0.39 is 18.7 Å². The zero-order valence-electron chi connectivity index (χ0n) is 17.2. The van der Waals surface area contributed by atoms with Crippen LogP contribution >= 0.6 is 0 Å². The monoisotopic (exact) mass is 424 g/mol. The van der Waals surface area contributed by atoms with Gasteiger partial charge in [-0.1, -0.05) is 30.3 Å². The fourth-order valence-corrected chi connectivity index (χ4v) is 5.30. The molecule has 2 saturated carbocycles.